The normalized spacial score (nSPS) is 14.0. The van der Waals surface area contributed by atoms with E-state index >= 15 is 0 Å². The van der Waals surface area contributed by atoms with Crippen molar-refractivity contribution in [3.8, 4) is 0 Å². The molecule has 1 aliphatic rings. The summed E-state index contributed by atoms with van der Waals surface area (Å²) in [5.41, 5.74) is 2.13. The van der Waals surface area contributed by atoms with Crippen LogP contribution in [0, 0.1) is 0 Å². The zero-order chi connectivity index (χ0) is 10.6. The summed E-state index contributed by atoms with van der Waals surface area (Å²) in [5.74, 6) is -0.345. The first-order chi connectivity index (χ1) is 6.58. The van der Waals surface area contributed by atoms with Gasteiger partial charge in [0.15, 0.2) is 0 Å². The lowest BCUT2D eigenvalue weighted by atomic mass is 10.8. The van der Waals surface area contributed by atoms with Crippen molar-refractivity contribution in [2.45, 2.75) is 0 Å². The average molecular weight is 204 g/mol. The van der Waals surface area contributed by atoms with Crippen LogP contribution in [0.1, 0.15) is 0 Å². The SMILES string of the molecule is O=C(O)OC1=CNN(OC(=O)O)N=N1. The van der Waals surface area contributed by atoms with E-state index in [-0.39, 0.29) is 5.88 Å². The molecule has 0 amide bonds. The Balaban J connectivity index is 2.44. The average Bonchev–Trinajstić information content (AvgIpc) is 2.06. The molecule has 0 unspecified atom stereocenters. The van der Waals surface area contributed by atoms with E-state index in [4.69, 9.17) is 10.2 Å². The molecule has 14 heavy (non-hydrogen) atoms. The zero-order valence-corrected chi connectivity index (χ0v) is 6.45. The number of nitrogens with one attached hydrogen (secondary N) is 1. The predicted molar refractivity (Wildman–Crippen MR) is 36.1 cm³/mol. The lowest BCUT2D eigenvalue weighted by molar-refractivity contribution is -0.157. The third-order valence-corrected chi connectivity index (χ3v) is 0.879. The minimum Gasteiger partial charge on any atom is -0.449 e. The summed E-state index contributed by atoms with van der Waals surface area (Å²) in [6.45, 7) is 0. The van der Waals surface area contributed by atoms with Crippen LogP contribution in [0.5, 0.6) is 0 Å². The molecule has 0 saturated heterocycles. The van der Waals surface area contributed by atoms with E-state index in [1.807, 2.05) is 0 Å². The molecule has 76 valence electrons. The smallest absolute Gasteiger partial charge is 0.449 e. The van der Waals surface area contributed by atoms with E-state index in [0.29, 0.717) is 5.28 Å². The second-order valence-corrected chi connectivity index (χ2v) is 1.80. The fourth-order valence-corrected chi connectivity index (χ4v) is 0.508. The van der Waals surface area contributed by atoms with Gasteiger partial charge in [0.2, 0.25) is 0 Å². The first-order valence-corrected chi connectivity index (χ1v) is 3.07. The molecule has 0 aliphatic carbocycles. The Hall–Kier alpha value is -2.52. The van der Waals surface area contributed by atoms with E-state index in [0.717, 1.165) is 6.20 Å². The summed E-state index contributed by atoms with van der Waals surface area (Å²) >= 11 is 0. The lowest BCUT2D eigenvalue weighted by Crippen LogP contribution is -2.33. The highest BCUT2D eigenvalue weighted by molar-refractivity contribution is 5.58. The summed E-state index contributed by atoms with van der Waals surface area (Å²) in [6, 6.07) is 0. The van der Waals surface area contributed by atoms with Gasteiger partial charge in [0.1, 0.15) is 0 Å². The predicted octanol–water partition coefficient (Wildman–Crippen LogP) is 0.277. The maximum absolute atomic E-state index is 10.00. The molecular formula is C4H4N4O6. The minimum absolute atomic E-state index is 0.345. The molecule has 0 fully saturated rings. The first kappa shape index (κ1) is 9.57. The highest BCUT2D eigenvalue weighted by atomic mass is 16.8. The molecule has 1 heterocycles. The van der Waals surface area contributed by atoms with Gasteiger partial charge in [-0.05, 0) is 5.22 Å². The van der Waals surface area contributed by atoms with Crippen molar-refractivity contribution in [3.63, 3.8) is 0 Å². The van der Waals surface area contributed by atoms with Gasteiger partial charge >= 0.3 is 12.3 Å². The van der Waals surface area contributed by atoms with Crippen LogP contribution in [0.4, 0.5) is 9.59 Å². The number of carbonyl (C=O) groups is 2. The monoisotopic (exact) mass is 204 g/mol. The quantitative estimate of drug-likeness (QED) is 0.546. The number of hydrazine groups is 1. The van der Waals surface area contributed by atoms with Crippen molar-refractivity contribution < 1.29 is 29.4 Å². The van der Waals surface area contributed by atoms with Crippen LogP contribution < -0.4 is 5.43 Å². The molecule has 0 radical (unpaired) electrons. The van der Waals surface area contributed by atoms with Crippen LogP contribution >= 0.6 is 0 Å². The Morgan fingerprint density at radius 2 is 2.14 bits per heavy atom. The topological polar surface area (TPSA) is 133 Å². The maximum Gasteiger partial charge on any atom is 0.533 e. The van der Waals surface area contributed by atoms with Gasteiger partial charge < -0.3 is 14.9 Å². The van der Waals surface area contributed by atoms with Crippen LogP contribution in [-0.2, 0) is 9.57 Å². The Morgan fingerprint density at radius 1 is 1.43 bits per heavy atom. The number of nitrogens with zero attached hydrogens (tertiary/aromatic N) is 3. The third kappa shape index (κ3) is 2.84. The van der Waals surface area contributed by atoms with Gasteiger partial charge in [-0.3, -0.25) is 4.84 Å². The van der Waals surface area contributed by atoms with Crippen molar-refractivity contribution in [3.05, 3.63) is 12.1 Å². The van der Waals surface area contributed by atoms with E-state index in [9.17, 15) is 9.59 Å². The van der Waals surface area contributed by atoms with Crippen LogP contribution in [0.25, 0.3) is 0 Å². The van der Waals surface area contributed by atoms with Gasteiger partial charge in [0.05, 0.1) is 6.20 Å². The molecule has 0 spiro atoms. The molecule has 0 aromatic carbocycles. The van der Waals surface area contributed by atoms with Gasteiger partial charge in [-0.1, -0.05) is 5.11 Å². The van der Waals surface area contributed by atoms with Crippen molar-refractivity contribution in [2.24, 2.45) is 10.3 Å². The molecular weight excluding hydrogens is 200 g/mol. The molecule has 1 aliphatic heterocycles. The van der Waals surface area contributed by atoms with Crippen molar-refractivity contribution in [1.29, 1.82) is 0 Å². The van der Waals surface area contributed by atoms with Crippen molar-refractivity contribution in [1.82, 2.24) is 10.7 Å². The Morgan fingerprint density at radius 3 is 2.57 bits per heavy atom. The first-order valence-electron chi connectivity index (χ1n) is 3.07. The van der Waals surface area contributed by atoms with Crippen LogP contribution in [-0.4, -0.2) is 27.8 Å². The minimum atomic E-state index is -1.60. The largest absolute Gasteiger partial charge is 0.533 e. The number of hydrogen-bond donors (Lipinski definition) is 3. The van der Waals surface area contributed by atoms with Crippen molar-refractivity contribution in [2.75, 3.05) is 0 Å². The van der Waals surface area contributed by atoms with Crippen molar-refractivity contribution >= 4 is 12.3 Å². The standard InChI is InChI=1S/C4H4N4O6/c9-3(10)13-2-1-5-8(7-6-2)14-4(11)12/h1,5H,(H,9,10)(H,11,12). The van der Waals surface area contributed by atoms with E-state index in [1.54, 1.807) is 0 Å². The zero-order valence-electron chi connectivity index (χ0n) is 6.45. The highest BCUT2D eigenvalue weighted by Crippen LogP contribution is 2.06. The second-order valence-electron chi connectivity index (χ2n) is 1.80. The number of rotatable bonds is 2. The lowest BCUT2D eigenvalue weighted by Gasteiger charge is -2.15. The van der Waals surface area contributed by atoms with Crippen LogP contribution in [0.3, 0.4) is 0 Å². The summed E-state index contributed by atoms with van der Waals surface area (Å²) < 4.78 is 4.07. The Bertz CT molecular complexity index is 311. The summed E-state index contributed by atoms with van der Waals surface area (Å²) in [5, 5.41) is 22.9. The summed E-state index contributed by atoms with van der Waals surface area (Å²) in [7, 11) is 0. The van der Waals surface area contributed by atoms with E-state index in [1.165, 1.54) is 0 Å². The number of carboxylic acid groups (broad SMARTS) is 2. The van der Waals surface area contributed by atoms with Gasteiger partial charge in [0.25, 0.3) is 5.88 Å². The van der Waals surface area contributed by atoms with Crippen LogP contribution in [0.15, 0.2) is 22.4 Å². The Labute approximate surface area is 75.9 Å². The molecule has 0 atom stereocenters. The molecule has 1 rings (SSSR count). The van der Waals surface area contributed by atoms with E-state index < -0.39 is 12.3 Å². The molecule has 3 N–H and O–H groups in total. The molecule has 10 heteroatoms. The number of ether oxygens (including phenoxy) is 1. The molecule has 0 saturated carbocycles. The fraction of sp³-hybridized carbons (Fsp3) is 0. The number of hydrogen-bond acceptors (Lipinski definition) is 8. The second kappa shape index (κ2) is 3.93. The van der Waals surface area contributed by atoms with Crippen LogP contribution in [0.2, 0.25) is 0 Å². The third-order valence-electron chi connectivity index (χ3n) is 0.879. The summed E-state index contributed by atoms with van der Waals surface area (Å²) in [4.78, 5) is 23.9. The van der Waals surface area contributed by atoms with Gasteiger partial charge in [0, 0.05) is 5.28 Å². The van der Waals surface area contributed by atoms with Gasteiger partial charge in [-0.15, -0.1) is 0 Å². The van der Waals surface area contributed by atoms with Gasteiger partial charge in [-0.25, -0.2) is 15.0 Å². The molecule has 0 bridgehead atoms. The van der Waals surface area contributed by atoms with E-state index in [2.05, 4.69) is 25.3 Å². The summed E-state index contributed by atoms with van der Waals surface area (Å²) in [6.07, 6.45) is -2.22. The molecule has 0 aromatic heterocycles. The molecule has 0 aromatic rings. The molecule has 10 nitrogen and oxygen atoms in total. The highest BCUT2D eigenvalue weighted by Gasteiger charge is 2.13. The maximum atomic E-state index is 10.00. The van der Waals surface area contributed by atoms with Gasteiger partial charge in [-0.2, -0.15) is 0 Å². The Kier molecular flexibility index (Phi) is 2.69. The fourth-order valence-electron chi connectivity index (χ4n) is 0.508.